The zero-order valence-electron chi connectivity index (χ0n) is 13.0. The molecule has 1 aromatic carbocycles. The standard InChI is InChI=1S/C17H18N4O2/c1-20-7-12-8-21(9-14(12)20)17-13(4-5-18-19-17)11-2-3-15-16(6-11)23-10-22-15/h2-6,12,14H,7-10H2,1H3/t12-,14+/m1/s1. The third-order valence-electron chi connectivity index (χ3n) is 5.18. The number of hydrogen-bond donors (Lipinski definition) is 0. The minimum absolute atomic E-state index is 0.294. The molecule has 0 bridgehead atoms. The van der Waals surface area contributed by atoms with Gasteiger partial charge in [0.1, 0.15) is 0 Å². The minimum Gasteiger partial charge on any atom is -0.454 e. The van der Waals surface area contributed by atoms with Crippen LogP contribution in [0.5, 0.6) is 11.5 Å². The number of likely N-dealkylation sites (N-methyl/N-ethyl adjacent to an activating group) is 1. The number of nitrogens with zero attached hydrogens (tertiary/aromatic N) is 4. The van der Waals surface area contributed by atoms with Gasteiger partial charge in [-0.1, -0.05) is 6.07 Å². The number of benzene rings is 1. The average molecular weight is 310 g/mol. The van der Waals surface area contributed by atoms with Gasteiger partial charge < -0.3 is 19.3 Å². The van der Waals surface area contributed by atoms with Gasteiger partial charge in [0.25, 0.3) is 0 Å². The second kappa shape index (κ2) is 4.83. The Labute approximate surface area is 134 Å². The maximum absolute atomic E-state index is 5.51. The first-order valence-electron chi connectivity index (χ1n) is 7.96. The molecular formula is C17H18N4O2. The van der Waals surface area contributed by atoms with Crippen molar-refractivity contribution in [1.29, 1.82) is 0 Å². The molecule has 0 spiro atoms. The molecule has 2 atom stereocenters. The number of anilines is 1. The molecule has 0 amide bonds. The molecule has 5 rings (SSSR count). The minimum atomic E-state index is 0.294. The fourth-order valence-corrected chi connectivity index (χ4v) is 3.92. The van der Waals surface area contributed by atoms with Crippen molar-refractivity contribution >= 4 is 5.82 Å². The molecule has 3 aliphatic heterocycles. The van der Waals surface area contributed by atoms with Gasteiger partial charge >= 0.3 is 0 Å². The molecule has 23 heavy (non-hydrogen) atoms. The van der Waals surface area contributed by atoms with E-state index in [1.165, 1.54) is 6.54 Å². The van der Waals surface area contributed by atoms with Gasteiger partial charge in [0.15, 0.2) is 17.3 Å². The Morgan fingerprint density at radius 2 is 2.00 bits per heavy atom. The lowest BCUT2D eigenvalue weighted by Crippen LogP contribution is -2.52. The van der Waals surface area contributed by atoms with E-state index >= 15 is 0 Å². The maximum Gasteiger partial charge on any atom is 0.231 e. The number of rotatable bonds is 2. The first kappa shape index (κ1) is 13.1. The zero-order chi connectivity index (χ0) is 15.4. The van der Waals surface area contributed by atoms with Crippen LogP contribution in [-0.2, 0) is 0 Å². The first-order valence-corrected chi connectivity index (χ1v) is 7.96. The van der Waals surface area contributed by atoms with Gasteiger partial charge in [0, 0.05) is 37.2 Å². The van der Waals surface area contributed by atoms with E-state index in [9.17, 15) is 0 Å². The van der Waals surface area contributed by atoms with Crippen LogP contribution in [-0.4, -0.2) is 54.6 Å². The Bertz CT molecular complexity index is 766. The molecule has 0 unspecified atom stereocenters. The highest BCUT2D eigenvalue weighted by Gasteiger charge is 2.44. The normalized spacial score (nSPS) is 25.3. The summed E-state index contributed by atoms with van der Waals surface area (Å²) in [5, 5.41) is 8.55. The Morgan fingerprint density at radius 3 is 2.87 bits per heavy atom. The van der Waals surface area contributed by atoms with Gasteiger partial charge in [0.05, 0.1) is 6.20 Å². The van der Waals surface area contributed by atoms with Gasteiger partial charge in [-0.3, -0.25) is 0 Å². The fourth-order valence-electron chi connectivity index (χ4n) is 3.92. The quantitative estimate of drug-likeness (QED) is 0.840. The lowest BCUT2D eigenvalue weighted by atomic mass is 9.93. The molecule has 2 fully saturated rings. The second-order valence-corrected chi connectivity index (χ2v) is 6.51. The lowest BCUT2D eigenvalue weighted by molar-refractivity contribution is 0.0827. The van der Waals surface area contributed by atoms with Crippen molar-refractivity contribution < 1.29 is 9.47 Å². The summed E-state index contributed by atoms with van der Waals surface area (Å²) in [6.45, 7) is 3.56. The molecule has 0 N–H and O–H groups in total. The average Bonchev–Trinajstić information content (AvgIpc) is 3.18. The highest BCUT2D eigenvalue weighted by molar-refractivity contribution is 5.77. The summed E-state index contributed by atoms with van der Waals surface area (Å²) in [5.41, 5.74) is 2.19. The summed E-state index contributed by atoms with van der Waals surface area (Å²) in [7, 11) is 2.19. The van der Waals surface area contributed by atoms with Gasteiger partial charge in [-0.25, -0.2) is 0 Å². The van der Waals surface area contributed by atoms with E-state index in [0.717, 1.165) is 47.5 Å². The summed E-state index contributed by atoms with van der Waals surface area (Å²) in [4.78, 5) is 4.78. The van der Waals surface area contributed by atoms with E-state index in [-0.39, 0.29) is 0 Å². The third kappa shape index (κ3) is 1.98. The van der Waals surface area contributed by atoms with Crippen molar-refractivity contribution in [2.24, 2.45) is 5.92 Å². The van der Waals surface area contributed by atoms with Crippen molar-refractivity contribution in [3.8, 4) is 22.6 Å². The number of aromatic nitrogens is 2. The van der Waals surface area contributed by atoms with E-state index in [2.05, 4.69) is 33.1 Å². The predicted octanol–water partition coefficient (Wildman–Crippen LogP) is 1.62. The highest BCUT2D eigenvalue weighted by Crippen LogP contribution is 2.40. The lowest BCUT2D eigenvalue weighted by Gasteiger charge is -2.40. The van der Waals surface area contributed by atoms with E-state index < -0.39 is 0 Å². The number of fused-ring (bicyclic) bond motifs is 2. The van der Waals surface area contributed by atoms with Crippen LogP contribution in [0.2, 0.25) is 0 Å². The summed E-state index contributed by atoms with van der Waals surface area (Å²) in [6, 6.07) is 8.74. The van der Waals surface area contributed by atoms with Crippen molar-refractivity contribution in [2.45, 2.75) is 6.04 Å². The molecule has 6 nitrogen and oxygen atoms in total. The SMILES string of the molecule is CN1C[C@@H]2CN(c3nnccc3-c3ccc4c(c3)OCO4)C[C@@H]21. The molecule has 4 heterocycles. The van der Waals surface area contributed by atoms with Gasteiger partial charge in [-0.2, -0.15) is 5.10 Å². The molecule has 3 aliphatic rings. The topological polar surface area (TPSA) is 50.7 Å². The molecule has 2 saturated heterocycles. The molecule has 0 saturated carbocycles. The third-order valence-corrected chi connectivity index (χ3v) is 5.18. The fraction of sp³-hybridized carbons (Fsp3) is 0.412. The van der Waals surface area contributed by atoms with Crippen molar-refractivity contribution in [1.82, 2.24) is 15.1 Å². The van der Waals surface area contributed by atoms with Crippen molar-refractivity contribution in [3.05, 3.63) is 30.5 Å². The number of hydrogen-bond acceptors (Lipinski definition) is 6. The zero-order valence-corrected chi connectivity index (χ0v) is 13.0. The van der Waals surface area contributed by atoms with Crippen molar-refractivity contribution in [2.75, 3.05) is 38.4 Å². The van der Waals surface area contributed by atoms with E-state index in [0.29, 0.717) is 12.8 Å². The van der Waals surface area contributed by atoms with Crippen LogP contribution in [0.15, 0.2) is 30.5 Å². The van der Waals surface area contributed by atoms with Crippen LogP contribution in [0, 0.1) is 5.92 Å². The maximum atomic E-state index is 5.51. The largest absolute Gasteiger partial charge is 0.454 e. The Hall–Kier alpha value is -2.34. The van der Waals surface area contributed by atoms with E-state index in [1.807, 2.05) is 18.2 Å². The van der Waals surface area contributed by atoms with Gasteiger partial charge in [-0.05, 0) is 30.8 Å². The molecule has 2 aromatic rings. The summed E-state index contributed by atoms with van der Waals surface area (Å²) < 4.78 is 10.9. The first-order chi connectivity index (χ1) is 11.3. The van der Waals surface area contributed by atoms with Crippen LogP contribution in [0.25, 0.3) is 11.1 Å². The highest BCUT2D eigenvalue weighted by atomic mass is 16.7. The Kier molecular flexibility index (Phi) is 2.76. The van der Waals surface area contributed by atoms with Crippen LogP contribution < -0.4 is 14.4 Å². The summed E-state index contributed by atoms with van der Waals surface area (Å²) in [6.07, 6.45) is 1.75. The molecule has 1 aromatic heterocycles. The van der Waals surface area contributed by atoms with E-state index in [4.69, 9.17) is 9.47 Å². The smallest absolute Gasteiger partial charge is 0.231 e. The van der Waals surface area contributed by atoms with Crippen LogP contribution in [0.4, 0.5) is 5.82 Å². The van der Waals surface area contributed by atoms with E-state index in [1.54, 1.807) is 6.20 Å². The molecule has 0 aliphatic carbocycles. The van der Waals surface area contributed by atoms with Gasteiger partial charge in [-0.15, -0.1) is 5.10 Å². The number of ether oxygens (including phenoxy) is 2. The molecule has 6 heteroatoms. The van der Waals surface area contributed by atoms with Gasteiger partial charge in [0.2, 0.25) is 6.79 Å². The Balaban J connectivity index is 1.52. The Morgan fingerprint density at radius 1 is 1.09 bits per heavy atom. The molecular weight excluding hydrogens is 292 g/mol. The van der Waals surface area contributed by atoms with Crippen LogP contribution in [0.1, 0.15) is 0 Å². The van der Waals surface area contributed by atoms with Crippen LogP contribution >= 0.6 is 0 Å². The molecule has 0 radical (unpaired) electrons. The monoisotopic (exact) mass is 310 g/mol. The predicted molar refractivity (Wildman–Crippen MR) is 85.7 cm³/mol. The van der Waals surface area contributed by atoms with Crippen LogP contribution in [0.3, 0.4) is 0 Å². The summed E-state index contributed by atoms with van der Waals surface area (Å²) >= 11 is 0. The molecule has 118 valence electrons. The van der Waals surface area contributed by atoms with Crippen molar-refractivity contribution in [3.63, 3.8) is 0 Å². The summed E-state index contributed by atoms with van der Waals surface area (Å²) in [5.74, 6) is 3.32. The second-order valence-electron chi connectivity index (χ2n) is 6.51. The number of likely N-dealkylation sites (tertiary alicyclic amines) is 1.